The summed E-state index contributed by atoms with van der Waals surface area (Å²) in [6.07, 6.45) is 0.743. The summed E-state index contributed by atoms with van der Waals surface area (Å²) >= 11 is 0. The smallest absolute Gasteiger partial charge is 0.373 e. The number of rotatable bonds is 7. The molecular formula is C18H23NO6. The van der Waals surface area contributed by atoms with Crippen LogP contribution in [-0.2, 0) is 30.3 Å². The van der Waals surface area contributed by atoms with Crippen LogP contribution in [0.2, 0.25) is 0 Å². The SMILES string of the molecule is COC(=O)/C(Cc1ccc(OCC(N)=O)cc1)=C(\C)C(C)C.O=C=O. The van der Waals surface area contributed by atoms with Gasteiger partial charge in [-0.2, -0.15) is 9.59 Å². The molecule has 1 rings (SSSR count). The van der Waals surface area contributed by atoms with Gasteiger partial charge < -0.3 is 15.2 Å². The molecule has 136 valence electrons. The lowest BCUT2D eigenvalue weighted by atomic mass is 9.94. The van der Waals surface area contributed by atoms with Gasteiger partial charge in [0.05, 0.1) is 7.11 Å². The summed E-state index contributed by atoms with van der Waals surface area (Å²) < 4.78 is 10.1. The fourth-order valence-electron chi connectivity index (χ4n) is 1.91. The van der Waals surface area contributed by atoms with Gasteiger partial charge in [-0.15, -0.1) is 0 Å². The van der Waals surface area contributed by atoms with Crippen molar-refractivity contribution in [1.82, 2.24) is 0 Å². The zero-order valence-corrected chi connectivity index (χ0v) is 14.8. The Balaban J connectivity index is 0.00000178. The van der Waals surface area contributed by atoms with Gasteiger partial charge >= 0.3 is 12.1 Å². The molecule has 2 N–H and O–H groups in total. The summed E-state index contributed by atoms with van der Waals surface area (Å²) in [7, 11) is 1.39. The number of nitrogens with two attached hydrogens (primary N) is 1. The number of esters is 1. The largest absolute Gasteiger partial charge is 0.484 e. The van der Waals surface area contributed by atoms with Crippen LogP contribution in [0.3, 0.4) is 0 Å². The Morgan fingerprint density at radius 3 is 2.08 bits per heavy atom. The molecule has 0 saturated carbocycles. The third kappa shape index (κ3) is 8.48. The number of hydrogen-bond donors (Lipinski definition) is 1. The number of primary amides is 1. The number of benzene rings is 1. The lowest BCUT2D eigenvalue weighted by Gasteiger charge is -2.14. The highest BCUT2D eigenvalue weighted by Gasteiger charge is 2.16. The van der Waals surface area contributed by atoms with E-state index in [4.69, 9.17) is 24.8 Å². The molecule has 0 spiro atoms. The van der Waals surface area contributed by atoms with Crippen molar-refractivity contribution >= 4 is 18.0 Å². The summed E-state index contributed by atoms with van der Waals surface area (Å²) in [6, 6.07) is 7.20. The lowest BCUT2D eigenvalue weighted by molar-refractivity contribution is -0.191. The van der Waals surface area contributed by atoms with Crippen molar-refractivity contribution in [2.24, 2.45) is 11.7 Å². The van der Waals surface area contributed by atoms with Crippen LogP contribution in [0.1, 0.15) is 26.3 Å². The first-order valence-corrected chi connectivity index (χ1v) is 7.54. The van der Waals surface area contributed by atoms with Crippen molar-refractivity contribution in [2.45, 2.75) is 27.2 Å². The van der Waals surface area contributed by atoms with Crippen molar-refractivity contribution in [3.8, 4) is 5.75 Å². The third-order valence-corrected chi connectivity index (χ3v) is 3.46. The summed E-state index contributed by atoms with van der Waals surface area (Å²) in [5, 5.41) is 0. The Morgan fingerprint density at radius 2 is 1.68 bits per heavy atom. The first-order chi connectivity index (χ1) is 11.8. The quantitative estimate of drug-likeness (QED) is 0.591. The van der Waals surface area contributed by atoms with E-state index in [9.17, 15) is 9.59 Å². The Bertz CT molecular complexity index is 640. The molecule has 1 aromatic rings. The number of methoxy groups -OCH3 is 1. The molecular weight excluding hydrogens is 326 g/mol. The normalized spacial score (nSPS) is 10.8. The topological polar surface area (TPSA) is 113 Å². The van der Waals surface area contributed by atoms with Crippen molar-refractivity contribution < 1.29 is 28.7 Å². The zero-order valence-electron chi connectivity index (χ0n) is 14.8. The van der Waals surface area contributed by atoms with E-state index in [1.165, 1.54) is 7.11 Å². The summed E-state index contributed by atoms with van der Waals surface area (Å²) in [6.45, 7) is 5.87. The maximum absolute atomic E-state index is 12.0. The first kappa shape index (κ1) is 22.1. The van der Waals surface area contributed by atoms with Crippen LogP contribution in [0.5, 0.6) is 5.75 Å². The average Bonchev–Trinajstić information content (AvgIpc) is 2.58. The minimum atomic E-state index is -0.521. The summed E-state index contributed by atoms with van der Waals surface area (Å²) in [5.74, 6) is 0.00630. The van der Waals surface area contributed by atoms with Crippen LogP contribution < -0.4 is 10.5 Å². The first-order valence-electron chi connectivity index (χ1n) is 7.54. The Kier molecular flexibility index (Phi) is 10.2. The average molecular weight is 349 g/mol. The van der Waals surface area contributed by atoms with E-state index in [1.54, 1.807) is 12.1 Å². The molecule has 1 amide bonds. The monoisotopic (exact) mass is 349 g/mol. The van der Waals surface area contributed by atoms with Gasteiger partial charge in [0.25, 0.3) is 5.91 Å². The molecule has 25 heavy (non-hydrogen) atoms. The highest BCUT2D eigenvalue weighted by atomic mass is 16.5. The molecule has 0 saturated heterocycles. The predicted molar refractivity (Wildman–Crippen MR) is 89.4 cm³/mol. The van der Waals surface area contributed by atoms with Gasteiger partial charge in [-0.25, -0.2) is 4.79 Å². The van der Waals surface area contributed by atoms with Gasteiger partial charge in [0.2, 0.25) is 0 Å². The Morgan fingerprint density at radius 1 is 1.16 bits per heavy atom. The van der Waals surface area contributed by atoms with Crippen molar-refractivity contribution in [2.75, 3.05) is 13.7 Å². The van der Waals surface area contributed by atoms with E-state index in [-0.39, 0.29) is 24.6 Å². The van der Waals surface area contributed by atoms with Crippen molar-refractivity contribution in [3.05, 3.63) is 41.0 Å². The van der Waals surface area contributed by atoms with E-state index < -0.39 is 5.91 Å². The Labute approximate surface area is 146 Å². The van der Waals surface area contributed by atoms with E-state index in [0.29, 0.717) is 17.7 Å². The highest BCUT2D eigenvalue weighted by molar-refractivity contribution is 5.89. The molecule has 0 aromatic heterocycles. The second-order valence-electron chi connectivity index (χ2n) is 5.47. The van der Waals surface area contributed by atoms with E-state index >= 15 is 0 Å². The van der Waals surface area contributed by atoms with Gasteiger partial charge in [0.1, 0.15) is 5.75 Å². The molecule has 0 aliphatic carbocycles. The lowest BCUT2D eigenvalue weighted by Crippen LogP contribution is -2.20. The molecule has 0 atom stereocenters. The minimum Gasteiger partial charge on any atom is -0.484 e. The number of carbonyl (C=O) groups excluding carboxylic acids is 4. The van der Waals surface area contributed by atoms with E-state index in [1.807, 2.05) is 32.9 Å². The second-order valence-corrected chi connectivity index (χ2v) is 5.47. The maximum Gasteiger partial charge on any atom is 0.373 e. The summed E-state index contributed by atoms with van der Waals surface area (Å²) in [5.41, 5.74) is 7.67. The molecule has 0 radical (unpaired) electrons. The standard InChI is InChI=1S/C17H23NO4.CO2/c1-11(2)12(3)15(17(20)21-4)9-13-5-7-14(8-6-13)22-10-16(18)19;2-1-3/h5-8,11H,9-10H2,1-4H3,(H2,18,19);/b15-12+;. The van der Waals surface area contributed by atoms with Crippen molar-refractivity contribution in [3.63, 3.8) is 0 Å². The van der Waals surface area contributed by atoms with Crippen LogP contribution in [0.4, 0.5) is 0 Å². The molecule has 0 unspecified atom stereocenters. The molecule has 0 bridgehead atoms. The fraction of sp³-hybridized carbons (Fsp3) is 0.389. The van der Waals surface area contributed by atoms with Crippen molar-refractivity contribution in [1.29, 1.82) is 0 Å². The predicted octanol–water partition coefficient (Wildman–Crippen LogP) is 1.66. The number of amides is 1. The van der Waals surface area contributed by atoms with Gasteiger partial charge in [-0.1, -0.05) is 31.6 Å². The number of hydrogen-bond acceptors (Lipinski definition) is 6. The zero-order chi connectivity index (χ0) is 19.4. The van der Waals surface area contributed by atoms with Crippen LogP contribution in [0.15, 0.2) is 35.4 Å². The van der Waals surface area contributed by atoms with Crippen LogP contribution in [0, 0.1) is 5.92 Å². The van der Waals surface area contributed by atoms with Gasteiger partial charge in [-0.05, 0) is 30.5 Å². The number of carbonyl (C=O) groups is 2. The van der Waals surface area contributed by atoms with Crippen LogP contribution >= 0.6 is 0 Å². The summed E-state index contributed by atoms with van der Waals surface area (Å²) in [4.78, 5) is 38.9. The van der Waals surface area contributed by atoms with Gasteiger partial charge in [0, 0.05) is 12.0 Å². The number of ether oxygens (including phenoxy) is 2. The molecule has 0 aliphatic rings. The highest BCUT2D eigenvalue weighted by Crippen LogP contribution is 2.21. The van der Waals surface area contributed by atoms with E-state index in [2.05, 4.69) is 0 Å². The molecule has 0 aliphatic heterocycles. The molecule has 0 heterocycles. The third-order valence-electron chi connectivity index (χ3n) is 3.46. The maximum atomic E-state index is 12.0. The number of allylic oxidation sites excluding steroid dienone is 1. The van der Waals surface area contributed by atoms with Gasteiger partial charge in [-0.3, -0.25) is 4.79 Å². The van der Waals surface area contributed by atoms with Gasteiger partial charge in [0.15, 0.2) is 6.61 Å². The fourth-order valence-corrected chi connectivity index (χ4v) is 1.91. The molecule has 0 fully saturated rings. The molecule has 7 heteroatoms. The Hall–Kier alpha value is -2.92. The second kappa shape index (κ2) is 11.6. The van der Waals surface area contributed by atoms with Crippen LogP contribution in [-0.4, -0.2) is 31.7 Å². The van der Waals surface area contributed by atoms with E-state index in [0.717, 1.165) is 11.1 Å². The molecule has 1 aromatic carbocycles. The minimum absolute atomic E-state index is 0.154. The van der Waals surface area contributed by atoms with Crippen LogP contribution in [0.25, 0.3) is 0 Å². The molecule has 7 nitrogen and oxygen atoms in total.